The molecule has 0 radical (unpaired) electrons. The molecule has 0 saturated heterocycles. The molecule has 1 aromatic heterocycles. The molecule has 0 spiro atoms. The van der Waals surface area contributed by atoms with Crippen LogP contribution in [0.2, 0.25) is 0 Å². The standard InChI is InChI=1S/C9H17N5O2S/c1-4-9(2,8(10)11)13-17(15,16)7-5-6-12-14(7)3/h5-6,13H,4H2,1-3H3,(H3,10,11). The molecule has 96 valence electrons. The molecule has 0 saturated carbocycles. The van der Waals surface area contributed by atoms with Crippen molar-refractivity contribution in [3.05, 3.63) is 12.3 Å². The van der Waals surface area contributed by atoms with E-state index < -0.39 is 15.6 Å². The van der Waals surface area contributed by atoms with Crippen LogP contribution in [0, 0.1) is 5.41 Å². The molecular formula is C9H17N5O2S. The van der Waals surface area contributed by atoms with Crippen LogP contribution in [0.3, 0.4) is 0 Å². The summed E-state index contributed by atoms with van der Waals surface area (Å²) in [6, 6.07) is 1.39. The number of hydrogen-bond acceptors (Lipinski definition) is 4. The first kappa shape index (κ1) is 13.7. The Hall–Kier alpha value is -1.41. The van der Waals surface area contributed by atoms with Gasteiger partial charge >= 0.3 is 0 Å². The van der Waals surface area contributed by atoms with Crippen LogP contribution in [0.15, 0.2) is 17.3 Å². The molecule has 0 aliphatic carbocycles. The van der Waals surface area contributed by atoms with E-state index in [0.29, 0.717) is 6.42 Å². The van der Waals surface area contributed by atoms with Crippen LogP contribution in [0.5, 0.6) is 0 Å². The second-order valence-corrected chi connectivity index (χ2v) is 5.63. The van der Waals surface area contributed by atoms with Gasteiger partial charge in [0.25, 0.3) is 10.0 Å². The molecule has 0 fully saturated rings. The summed E-state index contributed by atoms with van der Waals surface area (Å²) in [4.78, 5) is 0. The van der Waals surface area contributed by atoms with Crippen molar-refractivity contribution < 1.29 is 8.42 Å². The second-order valence-electron chi connectivity index (χ2n) is 4.00. The van der Waals surface area contributed by atoms with Crippen molar-refractivity contribution >= 4 is 15.9 Å². The van der Waals surface area contributed by atoms with Gasteiger partial charge in [-0.3, -0.25) is 10.1 Å². The lowest BCUT2D eigenvalue weighted by Gasteiger charge is -2.27. The molecule has 4 N–H and O–H groups in total. The third-order valence-electron chi connectivity index (χ3n) is 2.71. The molecule has 1 rings (SSSR count). The zero-order valence-electron chi connectivity index (χ0n) is 10.1. The summed E-state index contributed by atoms with van der Waals surface area (Å²) >= 11 is 0. The van der Waals surface area contributed by atoms with Gasteiger partial charge in [0.15, 0.2) is 5.03 Å². The van der Waals surface area contributed by atoms with E-state index in [9.17, 15) is 8.42 Å². The van der Waals surface area contributed by atoms with Crippen molar-refractivity contribution in [1.82, 2.24) is 14.5 Å². The van der Waals surface area contributed by atoms with Gasteiger partial charge in [0, 0.05) is 7.05 Å². The van der Waals surface area contributed by atoms with E-state index in [1.165, 1.54) is 24.0 Å². The highest BCUT2D eigenvalue weighted by Gasteiger charge is 2.33. The number of rotatable bonds is 5. The number of hydrogen-bond donors (Lipinski definition) is 3. The van der Waals surface area contributed by atoms with Gasteiger partial charge in [-0.15, -0.1) is 0 Å². The van der Waals surface area contributed by atoms with Gasteiger partial charge in [-0.2, -0.15) is 9.82 Å². The van der Waals surface area contributed by atoms with Crippen molar-refractivity contribution in [2.24, 2.45) is 12.8 Å². The quantitative estimate of drug-likeness (QED) is 0.502. The van der Waals surface area contributed by atoms with E-state index in [1.807, 2.05) is 0 Å². The van der Waals surface area contributed by atoms with E-state index in [4.69, 9.17) is 11.1 Å². The SMILES string of the molecule is CCC(C)(NS(=O)(=O)c1ccnn1C)C(=N)N. The first-order valence-electron chi connectivity index (χ1n) is 5.09. The first-order valence-corrected chi connectivity index (χ1v) is 6.58. The Labute approximate surface area is 101 Å². The highest BCUT2D eigenvalue weighted by Crippen LogP contribution is 2.15. The van der Waals surface area contributed by atoms with Gasteiger partial charge in [-0.1, -0.05) is 6.92 Å². The van der Waals surface area contributed by atoms with Crippen LogP contribution in [-0.2, 0) is 17.1 Å². The van der Waals surface area contributed by atoms with Crippen molar-refractivity contribution in [3.8, 4) is 0 Å². The lowest BCUT2D eigenvalue weighted by Crippen LogP contribution is -2.54. The first-order chi connectivity index (χ1) is 7.73. The largest absolute Gasteiger partial charge is 0.386 e. The van der Waals surface area contributed by atoms with E-state index in [2.05, 4.69) is 9.82 Å². The Bertz CT molecular complexity index is 521. The molecule has 1 unspecified atom stereocenters. The Morgan fingerprint density at radius 1 is 1.71 bits per heavy atom. The third-order valence-corrected chi connectivity index (χ3v) is 4.38. The van der Waals surface area contributed by atoms with Crippen molar-refractivity contribution in [1.29, 1.82) is 5.41 Å². The maximum atomic E-state index is 12.1. The summed E-state index contributed by atoms with van der Waals surface area (Å²) in [6.07, 6.45) is 1.78. The van der Waals surface area contributed by atoms with Crippen molar-refractivity contribution in [3.63, 3.8) is 0 Å². The minimum Gasteiger partial charge on any atom is -0.386 e. The van der Waals surface area contributed by atoms with Crippen LogP contribution in [0.4, 0.5) is 0 Å². The molecule has 0 bridgehead atoms. The predicted octanol–water partition coefficient (Wildman–Crippen LogP) is -0.197. The fraction of sp³-hybridized carbons (Fsp3) is 0.556. The number of nitrogens with one attached hydrogen (secondary N) is 2. The zero-order chi connectivity index (χ0) is 13.3. The predicted molar refractivity (Wildman–Crippen MR) is 64.1 cm³/mol. The lowest BCUT2D eigenvalue weighted by molar-refractivity contribution is 0.497. The summed E-state index contributed by atoms with van der Waals surface area (Å²) in [5.41, 5.74) is 4.33. The molecule has 1 atom stereocenters. The van der Waals surface area contributed by atoms with E-state index in [-0.39, 0.29) is 10.9 Å². The number of sulfonamides is 1. The van der Waals surface area contributed by atoms with Gasteiger partial charge in [-0.05, 0) is 19.4 Å². The molecule has 17 heavy (non-hydrogen) atoms. The molecule has 0 aromatic carbocycles. The average Bonchev–Trinajstić information content (AvgIpc) is 2.64. The summed E-state index contributed by atoms with van der Waals surface area (Å²) in [5, 5.41) is 11.3. The summed E-state index contributed by atoms with van der Waals surface area (Å²) in [5.74, 6) is -0.217. The minimum absolute atomic E-state index is 0.0402. The maximum Gasteiger partial charge on any atom is 0.258 e. The van der Waals surface area contributed by atoms with Crippen molar-refractivity contribution in [2.75, 3.05) is 0 Å². The number of nitrogens with two attached hydrogens (primary N) is 1. The highest BCUT2D eigenvalue weighted by molar-refractivity contribution is 7.89. The topological polar surface area (TPSA) is 114 Å². The minimum atomic E-state index is -3.73. The molecule has 0 amide bonds. The van der Waals surface area contributed by atoms with Gasteiger partial charge in [0.1, 0.15) is 5.84 Å². The fourth-order valence-electron chi connectivity index (χ4n) is 1.29. The van der Waals surface area contributed by atoms with Crippen LogP contribution >= 0.6 is 0 Å². The molecule has 0 aliphatic heterocycles. The molecular weight excluding hydrogens is 242 g/mol. The van der Waals surface area contributed by atoms with Crippen LogP contribution < -0.4 is 10.5 Å². The molecule has 1 aromatic rings. The number of aryl methyl sites for hydroxylation is 1. The van der Waals surface area contributed by atoms with Gasteiger partial charge in [0.2, 0.25) is 0 Å². The zero-order valence-corrected chi connectivity index (χ0v) is 10.9. The highest BCUT2D eigenvalue weighted by atomic mass is 32.2. The van der Waals surface area contributed by atoms with Crippen LogP contribution in [0.25, 0.3) is 0 Å². The van der Waals surface area contributed by atoms with E-state index >= 15 is 0 Å². The summed E-state index contributed by atoms with van der Waals surface area (Å²) < 4.78 is 27.8. The maximum absolute atomic E-state index is 12.1. The molecule has 0 aliphatic rings. The number of aromatic nitrogens is 2. The monoisotopic (exact) mass is 259 g/mol. The smallest absolute Gasteiger partial charge is 0.258 e. The molecule has 1 heterocycles. The normalized spacial score (nSPS) is 15.5. The van der Waals surface area contributed by atoms with Crippen LogP contribution in [-0.4, -0.2) is 29.6 Å². The third kappa shape index (κ3) is 2.64. The van der Waals surface area contributed by atoms with Crippen LogP contribution in [0.1, 0.15) is 20.3 Å². The lowest BCUT2D eigenvalue weighted by atomic mass is 10.00. The molecule has 7 nitrogen and oxygen atoms in total. The van der Waals surface area contributed by atoms with Gasteiger partial charge < -0.3 is 5.73 Å². The fourth-order valence-corrected chi connectivity index (χ4v) is 2.88. The number of nitrogens with zero attached hydrogens (tertiary/aromatic N) is 2. The van der Waals surface area contributed by atoms with Gasteiger partial charge in [0.05, 0.1) is 11.7 Å². The van der Waals surface area contributed by atoms with Gasteiger partial charge in [-0.25, -0.2) is 8.42 Å². The van der Waals surface area contributed by atoms with E-state index in [1.54, 1.807) is 13.8 Å². The Balaban J connectivity index is 3.11. The Kier molecular flexibility index (Phi) is 3.58. The Morgan fingerprint density at radius 3 is 2.65 bits per heavy atom. The second kappa shape index (κ2) is 4.46. The van der Waals surface area contributed by atoms with E-state index in [0.717, 1.165) is 0 Å². The number of amidine groups is 1. The summed E-state index contributed by atoms with van der Waals surface area (Å²) in [7, 11) is -2.20. The van der Waals surface area contributed by atoms with Crippen molar-refractivity contribution in [2.45, 2.75) is 30.8 Å². The Morgan fingerprint density at radius 2 is 2.29 bits per heavy atom. The summed E-state index contributed by atoms with van der Waals surface area (Å²) in [6.45, 7) is 3.33. The average molecular weight is 259 g/mol. The molecule has 8 heteroatoms.